The molecular formula is C9H19ClOSi. The van der Waals surface area contributed by atoms with Crippen LogP contribution in [0.2, 0.25) is 19.6 Å². The second-order valence-corrected chi connectivity index (χ2v) is 8.63. The van der Waals surface area contributed by atoms with E-state index < -0.39 is 8.32 Å². The van der Waals surface area contributed by atoms with Crippen molar-refractivity contribution >= 4 is 19.9 Å². The summed E-state index contributed by atoms with van der Waals surface area (Å²) in [7, 11) is -1.34. The molecule has 72 valence electrons. The molecule has 0 aliphatic carbocycles. The van der Waals surface area contributed by atoms with Crippen molar-refractivity contribution in [3.63, 3.8) is 0 Å². The Morgan fingerprint density at radius 2 is 1.92 bits per heavy atom. The zero-order chi connectivity index (χ0) is 9.45. The average molecular weight is 207 g/mol. The minimum absolute atomic E-state index is 0.767. The third-order valence-electron chi connectivity index (χ3n) is 1.27. The highest BCUT2D eigenvalue weighted by molar-refractivity contribution is 6.69. The Kier molecular flexibility index (Phi) is 6.58. The van der Waals surface area contributed by atoms with Crippen LogP contribution in [0.5, 0.6) is 0 Å². The third kappa shape index (κ3) is 10.0. The predicted molar refractivity (Wildman–Crippen MR) is 58.1 cm³/mol. The Morgan fingerprint density at radius 1 is 1.25 bits per heavy atom. The van der Waals surface area contributed by atoms with Crippen LogP contribution in [0.4, 0.5) is 0 Å². The van der Waals surface area contributed by atoms with Crippen molar-refractivity contribution in [2.24, 2.45) is 0 Å². The van der Waals surface area contributed by atoms with E-state index >= 15 is 0 Å². The summed E-state index contributed by atoms with van der Waals surface area (Å²) < 4.78 is 5.53. The van der Waals surface area contributed by atoms with Gasteiger partial charge in [0.25, 0.3) is 0 Å². The minimum atomic E-state index is -1.34. The van der Waals surface area contributed by atoms with Gasteiger partial charge in [0.05, 0.1) is 6.26 Å². The molecule has 0 N–H and O–H groups in total. The zero-order valence-electron chi connectivity index (χ0n) is 8.27. The first-order chi connectivity index (χ1) is 5.56. The number of allylic oxidation sites excluding steroid dienone is 1. The molecule has 0 aromatic carbocycles. The zero-order valence-corrected chi connectivity index (χ0v) is 10.0. The quantitative estimate of drug-likeness (QED) is 0.278. The van der Waals surface area contributed by atoms with Gasteiger partial charge in [0.15, 0.2) is 0 Å². The first-order valence-corrected chi connectivity index (χ1v) is 8.39. The molecule has 0 radical (unpaired) electrons. The SMILES string of the molecule is C[Si](C)(C)O/C=C\CCCCCl. The molecule has 12 heavy (non-hydrogen) atoms. The van der Waals surface area contributed by atoms with E-state index in [9.17, 15) is 0 Å². The van der Waals surface area contributed by atoms with Crippen molar-refractivity contribution in [2.75, 3.05) is 5.88 Å². The molecule has 0 aliphatic rings. The van der Waals surface area contributed by atoms with Crippen LogP contribution in [0, 0.1) is 0 Å². The van der Waals surface area contributed by atoms with E-state index in [-0.39, 0.29) is 0 Å². The normalized spacial score (nSPS) is 12.3. The largest absolute Gasteiger partial charge is 0.550 e. The van der Waals surface area contributed by atoms with E-state index in [1.165, 1.54) is 0 Å². The Balaban J connectivity index is 3.26. The maximum absolute atomic E-state index is 5.54. The monoisotopic (exact) mass is 206 g/mol. The molecule has 0 fully saturated rings. The van der Waals surface area contributed by atoms with Gasteiger partial charge in [-0.05, 0) is 38.9 Å². The van der Waals surface area contributed by atoms with Crippen molar-refractivity contribution in [3.05, 3.63) is 12.3 Å². The van der Waals surface area contributed by atoms with Gasteiger partial charge in [-0.15, -0.1) is 11.6 Å². The van der Waals surface area contributed by atoms with Gasteiger partial charge >= 0.3 is 0 Å². The molecule has 0 aromatic heterocycles. The van der Waals surface area contributed by atoms with Gasteiger partial charge in [0.1, 0.15) is 0 Å². The van der Waals surface area contributed by atoms with Gasteiger partial charge < -0.3 is 4.43 Å². The minimum Gasteiger partial charge on any atom is -0.550 e. The summed E-state index contributed by atoms with van der Waals surface area (Å²) in [6, 6.07) is 0. The fourth-order valence-corrected chi connectivity index (χ4v) is 1.37. The highest BCUT2D eigenvalue weighted by Crippen LogP contribution is 2.04. The second-order valence-electron chi connectivity index (χ2n) is 3.79. The van der Waals surface area contributed by atoms with E-state index in [1.54, 1.807) is 0 Å². The van der Waals surface area contributed by atoms with Crippen molar-refractivity contribution in [3.8, 4) is 0 Å². The maximum Gasteiger partial charge on any atom is 0.241 e. The first-order valence-electron chi connectivity index (χ1n) is 4.45. The second kappa shape index (κ2) is 6.55. The van der Waals surface area contributed by atoms with E-state index in [0.29, 0.717) is 0 Å². The fourth-order valence-electron chi connectivity index (χ4n) is 0.677. The number of halogens is 1. The van der Waals surface area contributed by atoms with Crippen molar-refractivity contribution in [1.29, 1.82) is 0 Å². The van der Waals surface area contributed by atoms with Gasteiger partial charge in [-0.3, -0.25) is 0 Å². The number of unbranched alkanes of at least 4 members (excludes halogenated alkanes) is 2. The smallest absolute Gasteiger partial charge is 0.241 e. The highest BCUT2D eigenvalue weighted by Gasteiger charge is 2.12. The Hall–Kier alpha value is 0.0469. The average Bonchev–Trinajstić information content (AvgIpc) is 1.94. The molecular weight excluding hydrogens is 188 g/mol. The van der Waals surface area contributed by atoms with Crippen molar-refractivity contribution < 1.29 is 4.43 Å². The Labute approximate surface area is 81.9 Å². The lowest BCUT2D eigenvalue weighted by Crippen LogP contribution is -2.21. The van der Waals surface area contributed by atoms with Gasteiger partial charge in [-0.2, -0.15) is 0 Å². The van der Waals surface area contributed by atoms with Crippen molar-refractivity contribution in [2.45, 2.75) is 38.9 Å². The third-order valence-corrected chi connectivity index (χ3v) is 2.38. The van der Waals surface area contributed by atoms with Gasteiger partial charge in [-0.25, -0.2) is 0 Å². The van der Waals surface area contributed by atoms with Gasteiger partial charge in [0.2, 0.25) is 8.32 Å². The van der Waals surface area contributed by atoms with Crippen LogP contribution < -0.4 is 0 Å². The highest BCUT2D eigenvalue weighted by atomic mass is 35.5. The number of hydrogen-bond donors (Lipinski definition) is 0. The van der Waals surface area contributed by atoms with Crippen molar-refractivity contribution in [1.82, 2.24) is 0 Å². The number of alkyl halides is 1. The van der Waals surface area contributed by atoms with E-state index in [1.807, 2.05) is 6.26 Å². The lowest BCUT2D eigenvalue weighted by atomic mass is 10.2. The topological polar surface area (TPSA) is 9.23 Å². The van der Waals surface area contributed by atoms with Crippen LogP contribution in [0.3, 0.4) is 0 Å². The summed E-state index contributed by atoms with van der Waals surface area (Å²) >= 11 is 5.54. The van der Waals surface area contributed by atoms with Gasteiger partial charge in [0, 0.05) is 5.88 Å². The summed E-state index contributed by atoms with van der Waals surface area (Å²) in [5.41, 5.74) is 0. The first kappa shape index (κ1) is 12.0. The molecule has 1 nitrogen and oxygen atoms in total. The summed E-state index contributed by atoms with van der Waals surface area (Å²) in [6.45, 7) is 6.53. The van der Waals surface area contributed by atoms with E-state index in [0.717, 1.165) is 25.1 Å². The van der Waals surface area contributed by atoms with Crippen LogP contribution >= 0.6 is 11.6 Å². The molecule has 0 heterocycles. The van der Waals surface area contributed by atoms with Crippen LogP contribution in [-0.2, 0) is 4.43 Å². The molecule has 0 bridgehead atoms. The van der Waals surface area contributed by atoms with Crippen LogP contribution in [-0.4, -0.2) is 14.2 Å². The van der Waals surface area contributed by atoms with E-state index in [4.69, 9.17) is 16.0 Å². The molecule has 0 aliphatic heterocycles. The van der Waals surface area contributed by atoms with Gasteiger partial charge in [-0.1, -0.05) is 6.08 Å². The molecule has 0 amide bonds. The molecule has 0 spiro atoms. The molecule has 0 atom stereocenters. The standard InChI is InChI=1S/C9H19ClOSi/c1-12(2,3)11-9-7-5-4-6-8-10/h7,9H,4-6,8H2,1-3H3/b9-7-. The van der Waals surface area contributed by atoms with Crippen LogP contribution in [0.1, 0.15) is 19.3 Å². The molecule has 0 saturated carbocycles. The molecule has 0 rings (SSSR count). The van der Waals surface area contributed by atoms with Crippen LogP contribution in [0.15, 0.2) is 12.3 Å². The number of rotatable bonds is 6. The lowest BCUT2D eigenvalue weighted by Gasteiger charge is -2.14. The molecule has 0 aromatic rings. The fraction of sp³-hybridized carbons (Fsp3) is 0.778. The molecule has 3 heteroatoms. The Morgan fingerprint density at radius 3 is 2.42 bits per heavy atom. The predicted octanol–water partition coefficient (Wildman–Crippen LogP) is 3.76. The van der Waals surface area contributed by atoms with Crippen LogP contribution in [0.25, 0.3) is 0 Å². The summed E-state index contributed by atoms with van der Waals surface area (Å²) in [6.07, 6.45) is 7.27. The number of hydrogen-bond acceptors (Lipinski definition) is 1. The van der Waals surface area contributed by atoms with E-state index in [2.05, 4.69) is 25.7 Å². The molecule has 0 unspecified atom stereocenters. The summed E-state index contributed by atoms with van der Waals surface area (Å²) in [4.78, 5) is 0. The Bertz CT molecular complexity index is 129. The lowest BCUT2D eigenvalue weighted by molar-refractivity contribution is 0.476. The maximum atomic E-state index is 5.54. The summed E-state index contributed by atoms with van der Waals surface area (Å²) in [5.74, 6) is 0.767. The summed E-state index contributed by atoms with van der Waals surface area (Å²) in [5, 5.41) is 0. The molecule has 0 saturated heterocycles.